The molecule has 2 aliphatic heterocycles. The molecule has 0 radical (unpaired) electrons. The molecular weight excluding hydrogens is 190 g/mol. The van der Waals surface area contributed by atoms with Gasteiger partial charge in [-0.05, 0) is 33.7 Å². The number of likely N-dealkylation sites (N-methyl/N-ethyl adjacent to an activating group) is 1. The Morgan fingerprint density at radius 1 is 1.33 bits per heavy atom. The summed E-state index contributed by atoms with van der Waals surface area (Å²) in [6, 6.07) is 0.595. The monoisotopic (exact) mass is 211 g/mol. The lowest BCUT2D eigenvalue weighted by Crippen LogP contribution is -2.55. The number of rotatable bonds is 1. The molecule has 0 aromatic rings. The Hall–Kier alpha value is -0.610. The molecule has 0 atom stereocenters. The summed E-state index contributed by atoms with van der Waals surface area (Å²) in [6.07, 6.45) is 1.93. The molecule has 0 saturated carbocycles. The minimum absolute atomic E-state index is 0.203. The predicted octanol–water partition coefficient (Wildman–Crippen LogP) is 0.249. The van der Waals surface area contributed by atoms with Crippen molar-refractivity contribution in [3.8, 4) is 0 Å². The first-order chi connectivity index (χ1) is 7.06. The van der Waals surface area contributed by atoms with Gasteiger partial charge in [-0.2, -0.15) is 0 Å². The number of nitrogens with one attached hydrogen (secondary N) is 1. The van der Waals surface area contributed by atoms with Crippen LogP contribution >= 0.6 is 0 Å². The second-order valence-corrected chi connectivity index (χ2v) is 5.02. The zero-order valence-corrected chi connectivity index (χ0v) is 9.92. The van der Waals surface area contributed by atoms with Crippen LogP contribution in [0.15, 0.2) is 0 Å². The highest BCUT2D eigenvalue weighted by molar-refractivity contribution is 5.88. The smallest absolute Gasteiger partial charge is 0.241 e. The largest absolute Gasteiger partial charge is 0.342 e. The fourth-order valence-corrected chi connectivity index (χ4v) is 2.70. The van der Waals surface area contributed by atoms with E-state index in [1.807, 2.05) is 7.05 Å². The maximum atomic E-state index is 11.9. The quantitative estimate of drug-likeness (QED) is 0.675. The van der Waals surface area contributed by atoms with Gasteiger partial charge in [-0.25, -0.2) is 0 Å². The van der Waals surface area contributed by atoms with Crippen molar-refractivity contribution < 1.29 is 4.79 Å². The molecule has 4 heteroatoms. The molecule has 2 rings (SSSR count). The molecule has 2 aliphatic rings. The molecule has 0 bridgehead atoms. The summed E-state index contributed by atoms with van der Waals surface area (Å²) in [7, 11) is 2.04. The van der Waals surface area contributed by atoms with Crippen LogP contribution in [0.25, 0.3) is 0 Å². The number of carbonyl (C=O) groups excluding carboxylic acids is 1. The van der Waals surface area contributed by atoms with Crippen molar-refractivity contribution in [2.75, 3.05) is 26.8 Å². The van der Waals surface area contributed by atoms with Gasteiger partial charge < -0.3 is 10.2 Å². The maximum absolute atomic E-state index is 11.9. The third kappa shape index (κ3) is 1.66. The highest BCUT2D eigenvalue weighted by Crippen LogP contribution is 2.31. The predicted molar refractivity (Wildman–Crippen MR) is 59.4 cm³/mol. The van der Waals surface area contributed by atoms with Crippen LogP contribution in [0.1, 0.15) is 26.7 Å². The SMILES string of the molecule is CC(C)N1CCC2(CC1)C(=O)NCN2C. The van der Waals surface area contributed by atoms with Crippen LogP contribution < -0.4 is 5.32 Å². The van der Waals surface area contributed by atoms with Gasteiger partial charge in [0.2, 0.25) is 5.91 Å². The second kappa shape index (κ2) is 3.76. The fourth-order valence-electron chi connectivity index (χ4n) is 2.70. The lowest BCUT2D eigenvalue weighted by Gasteiger charge is -2.42. The molecule has 0 aliphatic carbocycles. The first-order valence-corrected chi connectivity index (χ1v) is 5.80. The highest BCUT2D eigenvalue weighted by Gasteiger charge is 2.48. The third-order valence-electron chi connectivity index (χ3n) is 3.99. The Balaban J connectivity index is 2.05. The number of carbonyl (C=O) groups is 1. The number of hydrogen-bond acceptors (Lipinski definition) is 3. The summed E-state index contributed by atoms with van der Waals surface area (Å²) >= 11 is 0. The summed E-state index contributed by atoms with van der Waals surface area (Å²) in [5.74, 6) is 0.230. The van der Waals surface area contributed by atoms with Gasteiger partial charge in [-0.15, -0.1) is 0 Å². The average molecular weight is 211 g/mol. The zero-order chi connectivity index (χ0) is 11.1. The molecule has 0 aromatic heterocycles. The fraction of sp³-hybridized carbons (Fsp3) is 0.909. The Morgan fingerprint density at radius 2 is 1.93 bits per heavy atom. The number of amides is 1. The van der Waals surface area contributed by atoms with Gasteiger partial charge in [0.05, 0.1) is 6.67 Å². The molecule has 2 saturated heterocycles. The molecule has 1 amide bonds. The van der Waals surface area contributed by atoms with Gasteiger partial charge in [-0.1, -0.05) is 0 Å². The molecule has 2 heterocycles. The second-order valence-electron chi connectivity index (χ2n) is 5.02. The standard InChI is InChI=1S/C11H21N3O/c1-9(2)14-6-4-11(5-7-14)10(15)12-8-13(11)3/h9H,4-8H2,1-3H3,(H,12,15). The first-order valence-electron chi connectivity index (χ1n) is 5.80. The molecule has 2 fully saturated rings. The van der Waals surface area contributed by atoms with E-state index in [9.17, 15) is 4.79 Å². The number of nitrogens with zero attached hydrogens (tertiary/aromatic N) is 2. The van der Waals surface area contributed by atoms with Gasteiger partial charge in [-0.3, -0.25) is 9.69 Å². The Kier molecular flexibility index (Phi) is 2.73. The van der Waals surface area contributed by atoms with Crippen LogP contribution in [0, 0.1) is 0 Å². The molecule has 86 valence electrons. The molecule has 15 heavy (non-hydrogen) atoms. The molecule has 1 N–H and O–H groups in total. The minimum atomic E-state index is -0.203. The van der Waals surface area contributed by atoms with Crippen molar-refractivity contribution in [1.29, 1.82) is 0 Å². The number of hydrogen-bond donors (Lipinski definition) is 1. The van der Waals surface area contributed by atoms with E-state index < -0.39 is 0 Å². The number of piperidine rings is 1. The van der Waals surface area contributed by atoms with E-state index in [-0.39, 0.29) is 11.4 Å². The van der Waals surface area contributed by atoms with E-state index in [0.29, 0.717) is 12.7 Å². The summed E-state index contributed by atoms with van der Waals surface area (Å²) in [6.45, 7) is 7.22. The van der Waals surface area contributed by atoms with Crippen molar-refractivity contribution in [2.24, 2.45) is 0 Å². The first kappa shape index (κ1) is 10.9. The van der Waals surface area contributed by atoms with E-state index in [1.165, 1.54) is 0 Å². The summed E-state index contributed by atoms with van der Waals surface area (Å²) in [4.78, 5) is 16.5. The van der Waals surface area contributed by atoms with Crippen LogP contribution in [0.4, 0.5) is 0 Å². The third-order valence-corrected chi connectivity index (χ3v) is 3.99. The normalized spacial score (nSPS) is 27.6. The minimum Gasteiger partial charge on any atom is -0.342 e. The maximum Gasteiger partial charge on any atom is 0.241 e. The summed E-state index contributed by atoms with van der Waals surface area (Å²) < 4.78 is 0. The van der Waals surface area contributed by atoms with Crippen molar-refractivity contribution in [3.63, 3.8) is 0 Å². The van der Waals surface area contributed by atoms with E-state index in [2.05, 4.69) is 29.0 Å². The zero-order valence-electron chi connectivity index (χ0n) is 9.92. The molecule has 1 spiro atoms. The van der Waals surface area contributed by atoms with Gasteiger partial charge in [0.25, 0.3) is 0 Å². The molecule has 4 nitrogen and oxygen atoms in total. The van der Waals surface area contributed by atoms with Crippen molar-refractivity contribution >= 4 is 5.91 Å². The topological polar surface area (TPSA) is 35.6 Å². The summed E-state index contributed by atoms with van der Waals surface area (Å²) in [5, 5.41) is 2.94. The summed E-state index contributed by atoms with van der Waals surface area (Å²) in [5.41, 5.74) is -0.203. The Bertz CT molecular complexity index is 257. The van der Waals surface area contributed by atoms with Gasteiger partial charge in [0.1, 0.15) is 5.54 Å². The van der Waals surface area contributed by atoms with Gasteiger partial charge in [0, 0.05) is 19.1 Å². The van der Waals surface area contributed by atoms with Crippen molar-refractivity contribution in [3.05, 3.63) is 0 Å². The van der Waals surface area contributed by atoms with Crippen molar-refractivity contribution in [2.45, 2.75) is 38.3 Å². The van der Waals surface area contributed by atoms with Crippen LogP contribution in [0.2, 0.25) is 0 Å². The Labute approximate surface area is 91.6 Å². The van der Waals surface area contributed by atoms with E-state index in [0.717, 1.165) is 25.9 Å². The number of likely N-dealkylation sites (tertiary alicyclic amines) is 1. The average Bonchev–Trinajstić information content (AvgIpc) is 2.48. The van der Waals surface area contributed by atoms with Crippen LogP contribution in [0.3, 0.4) is 0 Å². The molecular formula is C11H21N3O. The highest BCUT2D eigenvalue weighted by atomic mass is 16.2. The van der Waals surface area contributed by atoms with E-state index >= 15 is 0 Å². The molecule has 0 aromatic carbocycles. The van der Waals surface area contributed by atoms with Crippen LogP contribution in [0.5, 0.6) is 0 Å². The van der Waals surface area contributed by atoms with Crippen LogP contribution in [-0.4, -0.2) is 54.1 Å². The van der Waals surface area contributed by atoms with Gasteiger partial charge in [0.15, 0.2) is 0 Å². The Morgan fingerprint density at radius 3 is 2.33 bits per heavy atom. The van der Waals surface area contributed by atoms with Crippen molar-refractivity contribution in [1.82, 2.24) is 15.1 Å². The molecule has 0 unspecified atom stereocenters. The lowest BCUT2D eigenvalue weighted by atomic mass is 9.86. The van der Waals surface area contributed by atoms with Crippen LogP contribution in [-0.2, 0) is 4.79 Å². The van der Waals surface area contributed by atoms with Gasteiger partial charge >= 0.3 is 0 Å². The lowest BCUT2D eigenvalue weighted by molar-refractivity contribution is -0.128. The van der Waals surface area contributed by atoms with E-state index in [1.54, 1.807) is 0 Å². The van der Waals surface area contributed by atoms with E-state index in [4.69, 9.17) is 0 Å².